The van der Waals surface area contributed by atoms with Crippen LogP contribution in [0.25, 0.3) is 0 Å². The smallest absolute Gasteiger partial charge is 0.157 e. The van der Waals surface area contributed by atoms with Crippen LogP contribution in [0.15, 0.2) is 35.4 Å². The fourth-order valence-corrected chi connectivity index (χ4v) is 2.46. The molecule has 1 atom stereocenters. The van der Waals surface area contributed by atoms with E-state index in [4.69, 9.17) is 15.2 Å². The van der Waals surface area contributed by atoms with Gasteiger partial charge in [-0.1, -0.05) is 19.4 Å². The van der Waals surface area contributed by atoms with Crippen LogP contribution in [0, 0.1) is 0 Å². The first-order chi connectivity index (χ1) is 8.77. The predicted molar refractivity (Wildman–Crippen MR) is 79.0 cm³/mol. The lowest BCUT2D eigenvalue weighted by Gasteiger charge is -2.12. The van der Waals surface area contributed by atoms with E-state index in [1.165, 1.54) is 12.6 Å². The molecule has 0 radical (unpaired) electrons. The molecule has 2 N–H and O–H groups in total. The average Bonchev–Trinajstić information content (AvgIpc) is 2.54. The minimum Gasteiger partial charge on any atom is -0.493 e. The zero-order valence-electron chi connectivity index (χ0n) is 11.4. The Labute approximate surface area is 112 Å². The summed E-state index contributed by atoms with van der Waals surface area (Å²) in [6, 6.07) is 0. The molecule has 0 aromatic rings. The molecule has 0 spiro atoms. The third kappa shape index (κ3) is 5.59. The molecule has 0 aromatic heterocycles. The summed E-state index contributed by atoms with van der Waals surface area (Å²) in [5, 5.41) is 0. The van der Waals surface area contributed by atoms with Crippen LogP contribution in [0.1, 0.15) is 26.7 Å². The second kappa shape index (κ2) is 9.04. The lowest BCUT2D eigenvalue weighted by atomic mass is 10.3. The van der Waals surface area contributed by atoms with E-state index in [-0.39, 0.29) is 0 Å². The number of allylic oxidation sites excluding steroid dienone is 3. The molecule has 0 aliphatic heterocycles. The van der Waals surface area contributed by atoms with Crippen molar-refractivity contribution in [2.75, 3.05) is 25.5 Å². The Morgan fingerprint density at radius 3 is 2.78 bits per heavy atom. The van der Waals surface area contributed by atoms with E-state index in [0.717, 1.165) is 38.6 Å². The van der Waals surface area contributed by atoms with E-state index in [1.807, 2.05) is 25.2 Å². The van der Waals surface area contributed by atoms with Crippen LogP contribution in [0.2, 0.25) is 0 Å². The Bertz CT molecular complexity index is 335. The standard InChI is InChI=1S/C14H24NO2P/c1-3-10-18-11-9-17-14-8-6-12(15)5-7-13(14)16-4-2/h5-7,18H,3-4,8-11,15H2,1-2H3. The van der Waals surface area contributed by atoms with E-state index >= 15 is 0 Å². The fraction of sp³-hybridized carbons (Fsp3) is 0.571. The van der Waals surface area contributed by atoms with Crippen molar-refractivity contribution in [2.45, 2.75) is 26.7 Å². The van der Waals surface area contributed by atoms with Gasteiger partial charge in [0.15, 0.2) is 5.76 Å². The van der Waals surface area contributed by atoms with Crippen molar-refractivity contribution in [3.63, 3.8) is 0 Å². The van der Waals surface area contributed by atoms with Crippen molar-refractivity contribution in [1.82, 2.24) is 0 Å². The van der Waals surface area contributed by atoms with Crippen LogP contribution in [0.4, 0.5) is 0 Å². The zero-order chi connectivity index (χ0) is 13.2. The first-order valence-electron chi connectivity index (χ1n) is 6.61. The number of hydrogen-bond donors (Lipinski definition) is 1. The van der Waals surface area contributed by atoms with Gasteiger partial charge >= 0.3 is 0 Å². The van der Waals surface area contributed by atoms with E-state index in [2.05, 4.69) is 6.92 Å². The van der Waals surface area contributed by atoms with Crippen LogP contribution in [0.3, 0.4) is 0 Å². The molecule has 0 heterocycles. The van der Waals surface area contributed by atoms with Gasteiger partial charge in [-0.3, -0.25) is 0 Å². The summed E-state index contributed by atoms with van der Waals surface area (Å²) in [5.74, 6) is 1.71. The average molecular weight is 269 g/mol. The Hall–Kier alpha value is -0.950. The molecule has 4 heteroatoms. The maximum absolute atomic E-state index is 5.83. The summed E-state index contributed by atoms with van der Waals surface area (Å²) in [5.41, 5.74) is 6.55. The van der Waals surface area contributed by atoms with Gasteiger partial charge in [0.1, 0.15) is 5.76 Å². The summed E-state index contributed by atoms with van der Waals surface area (Å²) in [6.45, 7) is 5.60. The maximum atomic E-state index is 5.83. The summed E-state index contributed by atoms with van der Waals surface area (Å²) >= 11 is 0. The summed E-state index contributed by atoms with van der Waals surface area (Å²) in [7, 11) is 0.993. The lowest BCUT2D eigenvalue weighted by Crippen LogP contribution is -2.02. The third-order valence-corrected chi connectivity index (χ3v) is 3.92. The Morgan fingerprint density at radius 1 is 1.22 bits per heavy atom. The van der Waals surface area contributed by atoms with Crippen molar-refractivity contribution in [3.8, 4) is 0 Å². The molecular formula is C14H24NO2P. The van der Waals surface area contributed by atoms with E-state index < -0.39 is 0 Å². The second-order valence-corrected chi connectivity index (χ2v) is 5.56. The van der Waals surface area contributed by atoms with Gasteiger partial charge in [0.25, 0.3) is 0 Å². The van der Waals surface area contributed by atoms with E-state index in [1.54, 1.807) is 0 Å². The molecule has 1 aliphatic carbocycles. The van der Waals surface area contributed by atoms with Gasteiger partial charge in [0, 0.05) is 12.1 Å². The van der Waals surface area contributed by atoms with Crippen LogP contribution >= 0.6 is 8.58 Å². The molecule has 1 unspecified atom stereocenters. The molecular weight excluding hydrogens is 245 g/mol. The molecule has 0 saturated heterocycles. The Morgan fingerprint density at radius 2 is 2.06 bits per heavy atom. The first-order valence-corrected chi connectivity index (χ1v) is 8.02. The first kappa shape index (κ1) is 15.1. The molecule has 1 aliphatic rings. The van der Waals surface area contributed by atoms with Crippen molar-refractivity contribution in [3.05, 3.63) is 35.4 Å². The normalized spacial score (nSPS) is 16.0. The van der Waals surface area contributed by atoms with Crippen LogP contribution < -0.4 is 5.73 Å². The van der Waals surface area contributed by atoms with E-state index in [0.29, 0.717) is 13.0 Å². The number of nitrogens with two attached hydrogens (primary N) is 1. The maximum Gasteiger partial charge on any atom is 0.157 e. The number of rotatable bonds is 8. The Kier molecular flexibility index (Phi) is 7.59. The molecule has 0 saturated carbocycles. The van der Waals surface area contributed by atoms with Crippen molar-refractivity contribution in [2.24, 2.45) is 5.73 Å². The van der Waals surface area contributed by atoms with Gasteiger partial charge in [-0.05, 0) is 31.4 Å². The monoisotopic (exact) mass is 269 g/mol. The predicted octanol–water partition coefficient (Wildman–Crippen LogP) is 3.14. The third-order valence-electron chi connectivity index (χ3n) is 2.51. The number of ether oxygens (including phenoxy) is 2. The largest absolute Gasteiger partial charge is 0.493 e. The SMILES string of the molecule is CCCPCCOC1=C(OCC)C=CC(N)=CC1. The zero-order valence-corrected chi connectivity index (χ0v) is 12.4. The highest BCUT2D eigenvalue weighted by Crippen LogP contribution is 2.20. The highest BCUT2D eigenvalue weighted by molar-refractivity contribution is 7.37. The summed E-state index contributed by atoms with van der Waals surface area (Å²) in [6.07, 6.45) is 10.1. The Balaban J connectivity index is 2.49. The van der Waals surface area contributed by atoms with Gasteiger partial charge in [-0.25, -0.2) is 0 Å². The molecule has 102 valence electrons. The van der Waals surface area contributed by atoms with Gasteiger partial charge in [-0.15, -0.1) is 8.58 Å². The number of hydrogen-bond acceptors (Lipinski definition) is 3. The van der Waals surface area contributed by atoms with Crippen molar-refractivity contribution < 1.29 is 9.47 Å². The van der Waals surface area contributed by atoms with Crippen molar-refractivity contribution in [1.29, 1.82) is 0 Å². The summed E-state index contributed by atoms with van der Waals surface area (Å²) in [4.78, 5) is 0. The second-order valence-electron chi connectivity index (χ2n) is 4.06. The molecule has 0 bridgehead atoms. The molecule has 0 fully saturated rings. The summed E-state index contributed by atoms with van der Waals surface area (Å²) < 4.78 is 11.4. The van der Waals surface area contributed by atoms with Gasteiger partial charge in [0.05, 0.1) is 13.2 Å². The minimum absolute atomic E-state index is 0.643. The minimum atomic E-state index is 0.643. The van der Waals surface area contributed by atoms with Crippen LogP contribution in [-0.4, -0.2) is 25.5 Å². The van der Waals surface area contributed by atoms with E-state index in [9.17, 15) is 0 Å². The molecule has 0 aromatic carbocycles. The highest BCUT2D eigenvalue weighted by Gasteiger charge is 2.09. The van der Waals surface area contributed by atoms with Gasteiger partial charge in [0.2, 0.25) is 0 Å². The van der Waals surface area contributed by atoms with Gasteiger partial charge < -0.3 is 15.2 Å². The molecule has 1 rings (SSSR count). The van der Waals surface area contributed by atoms with Gasteiger partial charge in [-0.2, -0.15) is 0 Å². The topological polar surface area (TPSA) is 44.5 Å². The lowest BCUT2D eigenvalue weighted by molar-refractivity contribution is 0.173. The molecule has 0 amide bonds. The molecule has 3 nitrogen and oxygen atoms in total. The van der Waals surface area contributed by atoms with Crippen molar-refractivity contribution >= 4 is 8.58 Å². The van der Waals surface area contributed by atoms with Crippen LogP contribution in [-0.2, 0) is 9.47 Å². The van der Waals surface area contributed by atoms with Crippen LogP contribution in [0.5, 0.6) is 0 Å². The fourth-order valence-electron chi connectivity index (χ4n) is 1.61. The quantitative estimate of drug-likeness (QED) is 0.544. The highest BCUT2D eigenvalue weighted by atomic mass is 31.1. The molecule has 18 heavy (non-hydrogen) atoms.